The van der Waals surface area contributed by atoms with Gasteiger partial charge in [0.1, 0.15) is 0 Å². The molecule has 0 aromatic heterocycles. The lowest BCUT2D eigenvalue weighted by Crippen LogP contribution is -2.10. The van der Waals surface area contributed by atoms with E-state index in [0.717, 1.165) is 0 Å². The third kappa shape index (κ3) is 4.42. The number of hydrogen-bond donors (Lipinski definition) is 0. The zero-order chi connectivity index (χ0) is 16.1. The largest absolute Gasteiger partial charge is 0.224 e. The smallest absolute Gasteiger partial charge is 0.178 e. The second-order valence-electron chi connectivity index (χ2n) is 4.97. The fraction of sp³-hybridized carbons (Fsp3) is 0.250. The summed E-state index contributed by atoms with van der Waals surface area (Å²) in [6.45, 7) is 0. The molecule has 22 heavy (non-hydrogen) atoms. The summed E-state index contributed by atoms with van der Waals surface area (Å²) in [5, 5.41) is 0. The normalized spacial score (nSPS) is 12.2. The molecule has 0 unspecified atom stereocenters. The van der Waals surface area contributed by atoms with E-state index in [0.29, 0.717) is 12.8 Å². The quantitative estimate of drug-likeness (QED) is 0.728. The Bertz CT molecular complexity index is 724. The molecule has 118 valence electrons. The van der Waals surface area contributed by atoms with Gasteiger partial charge in [-0.25, -0.2) is 16.8 Å². The minimum absolute atomic E-state index is 0.0404. The lowest BCUT2D eigenvalue weighted by molar-refractivity contribution is 0.585. The molecule has 0 heterocycles. The maximum atomic E-state index is 12.1. The summed E-state index contributed by atoms with van der Waals surface area (Å²) < 4.78 is 48.3. The van der Waals surface area contributed by atoms with Crippen LogP contribution in [0.15, 0.2) is 70.5 Å². The molecule has 0 radical (unpaired) electrons. The van der Waals surface area contributed by atoms with Crippen molar-refractivity contribution >= 4 is 19.7 Å². The average Bonchev–Trinajstić information content (AvgIpc) is 2.53. The fourth-order valence-corrected chi connectivity index (χ4v) is 4.86. The molecular weight excluding hydrogens is 320 g/mol. The standard InChI is InChI=1S/C16H18O4S2/c17-21(18,15-9-3-1-4-10-15)13-7-8-14-22(19,20)16-11-5-2-6-12-16/h1-6,9-12H,7-8,13-14H2. The molecular formula is C16H18O4S2. The summed E-state index contributed by atoms with van der Waals surface area (Å²) in [5.41, 5.74) is 0. The van der Waals surface area contributed by atoms with Crippen LogP contribution in [0.5, 0.6) is 0 Å². The summed E-state index contributed by atoms with van der Waals surface area (Å²) in [6.07, 6.45) is 0.645. The molecule has 0 atom stereocenters. The van der Waals surface area contributed by atoms with Gasteiger partial charge in [-0.05, 0) is 37.1 Å². The van der Waals surface area contributed by atoms with Crippen molar-refractivity contribution in [3.05, 3.63) is 60.7 Å². The van der Waals surface area contributed by atoms with Crippen LogP contribution >= 0.6 is 0 Å². The van der Waals surface area contributed by atoms with E-state index in [-0.39, 0.29) is 21.3 Å². The molecule has 0 saturated carbocycles. The van der Waals surface area contributed by atoms with Gasteiger partial charge in [-0.15, -0.1) is 0 Å². The highest BCUT2D eigenvalue weighted by atomic mass is 32.2. The van der Waals surface area contributed by atoms with E-state index in [1.54, 1.807) is 60.7 Å². The van der Waals surface area contributed by atoms with Gasteiger partial charge >= 0.3 is 0 Å². The van der Waals surface area contributed by atoms with Gasteiger partial charge in [-0.1, -0.05) is 36.4 Å². The van der Waals surface area contributed by atoms with E-state index in [2.05, 4.69) is 0 Å². The topological polar surface area (TPSA) is 68.3 Å². The maximum Gasteiger partial charge on any atom is 0.178 e. The van der Waals surface area contributed by atoms with Crippen molar-refractivity contribution in [2.75, 3.05) is 11.5 Å². The minimum Gasteiger partial charge on any atom is -0.224 e. The molecule has 0 amide bonds. The van der Waals surface area contributed by atoms with Crippen LogP contribution in [0.25, 0.3) is 0 Å². The summed E-state index contributed by atoms with van der Waals surface area (Å²) >= 11 is 0. The molecule has 0 aliphatic carbocycles. The van der Waals surface area contributed by atoms with Crippen molar-refractivity contribution in [1.29, 1.82) is 0 Å². The lowest BCUT2D eigenvalue weighted by Gasteiger charge is -2.06. The van der Waals surface area contributed by atoms with Gasteiger partial charge in [0.2, 0.25) is 0 Å². The number of hydrogen-bond acceptors (Lipinski definition) is 4. The van der Waals surface area contributed by atoms with Crippen LogP contribution in [0.4, 0.5) is 0 Å². The summed E-state index contributed by atoms with van der Waals surface area (Å²) in [4.78, 5) is 0.557. The molecule has 2 aromatic rings. The third-order valence-corrected chi connectivity index (χ3v) is 6.91. The minimum atomic E-state index is -3.34. The molecule has 4 nitrogen and oxygen atoms in total. The Kier molecular flexibility index (Phi) is 5.37. The Labute approximate surface area is 131 Å². The van der Waals surface area contributed by atoms with Crippen molar-refractivity contribution in [1.82, 2.24) is 0 Å². The molecule has 0 spiro atoms. The summed E-state index contributed by atoms with van der Waals surface area (Å²) in [7, 11) is -6.67. The third-order valence-electron chi connectivity index (χ3n) is 3.28. The monoisotopic (exact) mass is 338 g/mol. The number of sulfone groups is 2. The molecule has 0 aliphatic rings. The van der Waals surface area contributed by atoms with E-state index in [4.69, 9.17) is 0 Å². The van der Waals surface area contributed by atoms with Crippen LogP contribution in [0, 0.1) is 0 Å². The van der Waals surface area contributed by atoms with E-state index >= 15 is 0 Å². The average molecular weight is 338 g/mol. The van der Waals surface area contributed by atoms with Crippen molar-refractivity contribution in [3.63, 3.8) is 0 Å². The van der Waals surface area contributed by atoms with Crippen LogP contribution in [0.2, 0.25) is 0 Å². The molecule has 0 N–H and O–H groups in total. The zero-order valence-corrected chi connectivity index (χ0v) is 13.7. The van der Waals surface area contributed by atoms with Crippen molar-refractivity contribution in [2.24, 2.45) is 0 Å². The number of unbranched alkanes of at least 4 members (excludes halogenated alkanes) is 1. The molecule has 0 fully saturated rings. The van der Waals surface area contributed by atoms with Crippen molar-refractivity contribution in [3.8, 4) is 0 Å². The van der Waals surface area contributed by atoms with Gasteiger partial charge in [-0.3, -0.25) is 0 Å². The van der Waals surface area contributed by atoms with Crippen LogP contribution < -0.4 is 0 Å². The molecule has 0 saturated heterocycles. The van der Waals surface area contributed by atoms with Gasteiger partial charge in [0.25, 0.3) is 0 Å². The van der Waals surface area contributed by atoms with Crippen molar-refractivity contribution < 1.29 is 16.8 Å². The first-order valence-corrected chi connectivity index (χ1v) is 10.3. The van der Waals surface area contributed by atoms with E-state index in [1.807, 2.05) is 0 Å². The second-order valence-corrected chi connectivity index (χ2v) is 9.19. The zero-order valence-electron chi connectivity index (χ0n) is 12.1. The van der Waals surface area contributed by atoms with Crippen LogP contribution in [0.1, 0.15) is 12.8 Å². The molecule has 2 rings (SSSR count). The molecule has 0 bridgehead atoms. The summed E-state index contributed by atoms with van der Waals surface area (Å²) in [6, 6.07) is 16.4. The molecule has 2 aromatic carbocycles. The Morgan fingerprint density at radius 3 is 1.18 bits per heavy atom. The van der Waals surface area contributed by atoms with E-state index in [9.17, 15) is 16.8 Å². The first-order valence-electron chi connectivity index (χ1n) is 6.97. The van der Waals surface area contributed by atoms with E-state index < -0.39 is 19.7 Å². The first kappa shape index (κ1) is 16.7. The highest BCUT2D eigenvalue weighted by Crippen LogP contribution is 2.15. The number of benzene rings is 2. The first-order chi connectivity index (χ1) is 10.4. The van der Waals surface area contributed by atoms with Crippen LogP contribution in [0.3, 0.4) is 0 Å². The van der Waals surface area contributed by atoms with E-state index in [1.165, 1.54) is 0 Å². The van der Waals surface area contributed by atoms with Gasteiger partial charge in [0.15, 0.2) is 19.7 Å². The van der Waals surface area contributed by atoms with Crippen LogP contribution in [-0.4, -0.2) is 28.3 Å². The highest BCUT2D eigenvalue weighted by molar-refractivity contribution is 7.91. The van der Waals surface area contributed by atoms with Crippen LogP contribution in [-0.2, 0) is 19.7 Å². The molecule has 6 heteroatoms. The fourth-order valence-electron chi connectivity index (χ4n) is 2.08. The second kappa shape index (κ2) is 7.07. The Morgan fingerprint density at radius 1 is 0.545 bits per heavy atom. The lowest BCUT2D eigenvalue weighted by atomic mass is 10.4. The highest BCUT2D eigenvalue weighted by Gasteiger charge is 2.16. The Morgan fingerprint density at radius 2 is 0.864 bits per heavy atom. The maximum absolute atomic E-state index is 12.1. The van der Waals surface area contributed by atoms with Gasteiger partial charge in [0, 0.05) is 0 Å². The van der Waals surface area contributed by atoms with Crippen molar-refractivity contribution in [2.45, 2.75) is 22.6 Å². The SMILES string of the molecule is O=S(=O)(CCCCS(=O)(=O)c1ccccc1)c1ccccc1. The van der Waals surface area contributed by atoms with Gasteiger partial charge in [-0.2, -0.15) is 0 Å². The Hall–Kier alpha value is -1.66. The predicted octanol–water partition coefficient (Wildman–Crippen LogP) is 2.71. The summed E-state index contributed by atoms with van der Waals surface area (Å²) in [5.74, 6) is -0.0807. The molecule has 0 aliphatic heterocycles. The Balaban J connectivity index is 1.90. The predicted molar refractivity (Wildman–Crippen MR) is 86.2 cm³/mol. The van der Waals surface area contributed by atoms with Gasteiger partial charge < -0.3 is 0 Å². The number of rotatable bonds is 7. The van der Waals surface area contributed by atoms with Gasteiger partial charge in [0.05, 0.1) is 21.3 Å².